The van der Waals surface area contributed by atoms with Gasteiger partial charge in [-0.1, -0.05) is 0 Å². The summed E-state index contributed by atoms with van der Waals surface area (Å²) in [5.41, 5.74) is 0.0386. The Bertz CT molecular complexity index is 229. The number of carbonyl (C=O) groups is 1. The molecule has 0 saturated carbocycles. The van der Waals surface area contributed by atoms with Crippen molar-refractivity contribution in [3.63, 3.8) is 0 Å². The molecule has 0 aromatic carbocycles. The Balaban J connectivity index is 1.97. The Labute approximate surface area is 89.9 Å². The van der Waals surface area contributed by atoms with Crippen LogP contribution >= 0.6 is 0 Å². The highest BCUT2D eigenvalue weighted by atomic mass is 16.5. The van der Waals surface area contributed by atoms with E-state index in [1.807, 2.05) is 0 Å². The summed E-state index contributed by atoms with van der Waals surface area (Å²) in [6.07, 6.45) is 2.58. The Kier molecular flexibility index (Phi) is 3.26. The van der Waals surface area contributed by atoms with Crippen molar-refractivity contribution in [2.24, 2.45) is 11.3 Å². The molecule has 15 heavy (non-hydrogen) atoms. The van der Waals surface area contributed by atoms with Gasteiger partial charge >= 0.3 is 5.97 Å². The molecule has 0 aliphatic carbocycles. The molecule has 0 amide bonds. The molecule has 0 unspecified atom stereocenters. The Morgan fingerprint density at radius 3 is 2.47 bits per heavy atom. The average Bonchev–Trinajstić information content (AvgIpc) is 2.24. The molecule has 2 aliphatic rings. The predicted octanol–water partition coefficient (Wildman–Crippen LogP) is 0.993. The van der Waals surface area contributed by atoms with E-state index in [4.69, 9.17) is 14.2 Å². The van der Waals surface area contributed by atoms with E-state index >= 15 is 0 Å². The quantitative estimate of drug-likeness (QED) is 0.657. The van der Waals surface area contributed by atoms with Gasteiger partial charge in [0.2, 0.25) is 0 Å². The molecule has 2 rings (SSSR count). The standard InChI is InChI=1S/C11H18O4/c1-13-10(12)6-11(7-15-8-11)9-2-4-14-5-3-9/h9H,2-8H2,1H3. The van der Waals surface area contributed by atoms with E-state index in [2.05, 4.69) is 0 Å². The highest BCUT2D eigenvalue weighted by Gasteiger charge is 2.47. The maximum absolute atomic E-state index is 11.4. The summed E-state index contributed by atoms with van der Waals surface area (Å²) >= 11 is 0. The van der Waals surface area contributed by atoms with Gasteiger partial charge in [0, 0.05) is 18.6 Å². The molecule has 0 N–H and O–H groups in total. The van der Waals surface area contributed by atoms with Gasteiger partial charge < -0.3 is 14.2 Å². The fourth-order valence-corrected chi connectivity index (χ4v) is 2.52. The van der Waals surface area contributed by atoms with Gasteiger partial charge in [-0.3, -0.25) is 4.79 Å². The number of ether oxygens (including phenoxy) is 3. The fraction of sp³-hybridized carbons (Fsp3) is 0.909. The number of carbonyl (C=O) groups excluding carboxylic acids is 1. The molecular formula is C11H18O4. The highest BCUT2D eigenvalue weighted by Crippen LogP contribution is 2.44. The molecule has 2 saturated heterocycles. The van der Waals surface area contributed by atoms with Gasteiger partial charge in [0.25, 0.3) is 0 Å². The first-order valence-electron chi connectivity index (χ1n) is 5.49. The zero-order valence-corrected chi connectivity index (χ0v) is 9.16. The summed E-state index contributed by atoms with van der Waals surface area (Å²) in [7, 11) is 1.44. The molecule has 0 atom stereocenters. The number of hydrogen-bond donors (Lipinski definition) is 0. The van der Waals surface area contributed by atoms with Crippen molar-refractivity contribution in [3.8, 4) is 0 Å². The molecule has 0 aromatic heterocycles. The lowest BCUT2D eigenvalue weighted by Gasteiger charge is -2.47. The molecule has 0 bridgehead atoms. The highest BCUT2D eigenvalue weighted by molar-refractivity contribution is 5.70. The number of methoxy groups -OCH3 is 1. The maximum atomic E-state index is 11.4. The lowest BCUT2D eigenvalue weighted by Crippen LogP contribution is -2.51. The van der Waals surface area contributed by atoms with E-state index in [1.54, 1.807) is 0 Å². The Morgan fingerprint density at radius 1 is 1.33 bits per heavy atom. The van der Waals surface area contributed by atoms with Gasteiger partial charge in [0.15, 0.2) is 0 Å². The Morgan fingerprint density at radius 2 is 2.00 bits per heavy atom. The van der Waals surface area contributed by atoms with Crippen molar-refractivity contribution in [1.82, 2.24) is 0 Å². The second-order valence-corrected chi connectivity index (χ2v) is 4.49. The van der Waals surface area contributed by atoms with Gasteiger partial charge in [0.05, 0.1) is 26.7 Å². The summed E-state index contributed by atoms with van der Waals surface area (Å²) in [6, 6.07) is 0. The topological polar surface area (TPSA) is 44.8 Å². The molecule has 4 nitrogen and oxygen atoms in total. The zero-order valence-electron chi connectivity index (χ0n) is 9.16. The zero-order chi connectivity index (χ0) is 10.7. The molecule has 0 aromatic rings. The minimum Gasteiger partial charge on any atom is -0.469 e. The van der Waals surface area contributed by atoms with Crippen molar-refractivity contribution in [2.45, 2.75) is 19.3 Å². The smallest absolute Gasteiger partial charge is 0.306 e. The molecule has 0 radical (unpaired) electrons. The Hall–Kier alpha value is -0.610. The molecule has 2 aliphatic heterocycles. The largest absolute Gasteiger partial charge is 0.469 e. The minimum absolute atomic E-state index is 0.0386. The van der Waals surface area contributed by atoms with E-state index in [1.165, 1.54) is 7.11 Å². The molecule has 2 fully saturated rings. The van der Waals surface area contributed by atoms with Crippen LogP contribution in [0.3, 0.4) is 0 Å². The third kappa shape index (κ3) is 2.16. The van der Waals surface area contributed by atoms with Crippen molar-refractivity contribution in [2.75, 3.05) is 33.5 Å². The average molecular weight is 214 g/mol. The van der Waals surface area contributed by atoms with E-state index in [9.17, 15) is 4.79 Å². The molecular weight excluding hydrogens is 196 g/mol. The second kappa shape index (κ2) is 4.49. The summed E-state index contributed by atoms with van der Waals surface area (Å²) in [5, 5.41) is 0. The van der Waals surface area contributed by atoms with Crippen LogP contribution in [-0.2, 0) is 19.0 Å². The fourth-order valence-electron chi connectivity index (χ4n) is 2.52. The maximum Gasteiger partial charge on any atom is 0.306 e. The van der Waals surface area contributed by atoms with Crippen molar-refractivity contribution >= 4 is 5.97 Å². The number of hydrogen-bond acceptors (Lipinski definition) is 4. The first kappa shape index (κ1) is 10.9. The van der Waals surface area contributed by atoms with Gasteiger partial charge in [-0.25, -0.2) is 0 Å². The summed E-state index contributed by atoms with van der Waals surface area (Å²) in [4.78, 5) is 11.4. The molecule has 2 heterocycles. The van der Waals surface area contributed by atoms with E-state index in [-0.39, 0.29) is 11.4 Å². The molecule has 4 heteroatoms. The van der Waals surface area contributed by atoms with Crippen molar-refractivity contribution < 1.29 is 19.0 Å². The minimum atomic E-state index is -0.121. The first-order valence-corrected chi connectivity index (χ1v) is 5.49. The van der Waals surface area contributed by atoms with Gasteiger partial charge in [0.1, 0.15) is 0 Å². The van der Waals surface area contributed by atoms with Gasteiger partial charge in [-0.05, 0) is 18.8 Å². The molecule has 86 valence electrons. The third-order valence-electron chi connectivity index (χ3n) is 3.59. The number of esters is 1. The second-order valence-electron chi connectivity index (χ2n) is 4.49. The van der Waals surface area contributed by atoms with Crippen molar-refractivity contribution in [1.29, 1.82) is 0 Å². The van der Waals surface area contributed by atoms with Crippen LogP contribution in [0.5, 0.6) is 0 Å². The van der Waals surface area contributed by atoms with Crippen LogP contribution < -0.4 is 0 Å². The lowest BCUT2D eigenvalue weighted by molar-refractivity contribution is -0.181. The summed E-state index contributed by atoms with van der Waals surface area (Å²) in [5.74, 6) is 0.434. The summed E-state index contributed by atoms with van der Waals surface area (Å²) in [6.45, 7) is 3.03. The van der Waals surface area contributed by atoms with Gasteiger partial charge in [-0.15, -0.1) is 0 Å². The summed E-state index contributed by atoms with van der Waals surface area (Å²) < 4.78 is 15.4. The van der Waals surface area contributed by atoms with E-state index < -0.39 is 0 Å². The SMILES string of the molecule is COC(=O)CC1(C2CCOCC2)COC1. The van der Waals surface area contributed by atoms with Crippen LogP contribution in [0.4, 0.5) is 0 Å². The van der Waals surface area contributed by atoms with Crippen LogP contribution in [0.2, 0.25) is 0 Å². The van der Waals surface area contributed by atoms with E-state index in [0.29, 0.717) is 25.6 Å². The van der Waals surface area contributed by atoms with Crippen molar-refractivity contribution in [3.05, 3.63) is 0 Å². The third-order valence-corrected chi connectivity index (χ3v) is 3.59. The molecule has 0 spiro atoms. The van der Waals surface area contributed by atoms with Crippen LogP contribution in [0.25, 0.3) is 0 Å². The van der Waals surface area contributed by atoms with E-state index in [0.717, 1.165) is 26.1 Å². The van der Waals surface area contributed by atoms with Crippen LogP contribution in [0.15, 0.2) is 0 Å². The lowest BCUT2D eigenvalue weighted by atomic mass is 9.68. The first-order chi connectivity index (χ1) is 7.27. The van der Waals surface area contributed by atoms with Crippen LogP contribution in [0.1, 0.15) is 19.3 Å². The predicted molar refractivity (Wildman–Crippen MR) is 53.4 cm³/mol. The van der Waals surface area contributed by atoms with Gasteiger partial charge in [-0.2, -0.15) is 0 Å². The van der Waals surface area contributed by atoms with Crippen LogP contribution in [-0.4, -0.2) is 39.5 Å². The monoisotopic (exact) mass is 214 g/mol. The van der Waals surface area contributed by atoms with Crippen LogP contribution in [0, 0.1) is 11.3 Å². The number of rotatable bonds is 3. The normalized spacial score (nSPS) is 25.7.